The van der Waals surface area contributed by atoms with E-state index >= 15 is 0 Å². The summed E-state index contributed by atoms with van der Waals surface area (Å²) in [5.74, 6) is 10.3. The molecule has 0 heterocycles. The average Bonchev–Trinajstić information content (AvgIpc) is 1.22. The number of rotatable bonds is 25. The molecule has 0 aromatic heterocycles. The molecule has 0 spiro atoms. The molecule has 0 fully saturated rings. The Morgan fingerprint density at radius 1 is 0.453 bits per heavy atom. The number of hydrogen-bond donors (Lipinski definition) is 3. The van der Waals surface area contributed by atoms with E-state index in [1.54, 1.807) is 38.5 Å². The fourth-order valence-corrected chi connectivity index (χ4v) is 11.4. The summed E-state index contributed by atoms with van der Waals surface area (Å²) in [5, 5.41) is 29.6. The molecule has 3 N–H and O–H groups in total. The largest absolute Gasteiger partial charge is 0.508 e. The average molecular weight is 1310 g/mol. The van der Waals surface area contributed by atoms with Crippen LogP contribution in [0.25, 0.3) is 0 Å². The Kier molecular flexibility index (Phi) is 34.6. The van der Waals surface area contributed by atoms with Gasteiger partial charge < -0.3 is 39.0 Å². The number of methoxy groups -OCH3 is 2. The quantitative estimate of drug-likeness (QED) is 0.0292. The highest BCUT2D eigenvalue weighted by molar-refractivity contribution is 6.30. The topological polar surface area (TPSA) is 124 Å². The second kappa shape index (κ2) is 41.5. The third kappa shape index (κ3) is 27.9. The lowest BCUT2D eigenvalue weighted by Crippen LogP contribution is -2.22. The summed E-state index contributed by atoms with van der Waals surface area (Å²) in [6, 6.07) is 61.9. The lowest BCUT2D eigenvalue weighted by molar-refractivity contribution is -0.131. The van der Waals surface area contributed by atoms with E-state index in [1.807, 2.05) is 84.9 Å². The number of terminal acetylenes is 1. The van der Waals surface area contributed by atoms with Crippen LogP contribution in [-0.4, -0.2) is 47.7 Å². The van der Waals surface area contributed by atoms with Crippen molar-refractivity contribution in [1.82, 2.24) is 0 Å². The molecule has 0 bridgehead atoms. The second-order valence-corrected chi connectivity index (χ2v) is 26.2. The monoisotopic (exact) mass is 1310 g/mol. The van der Waals surface area contributed by atoms with Gasteiger partial charge in [-0.15, -0.1) is 6.42 Å². The molecule has 8 unspecified atom stereocenters. The van der Waals surface area contributed by atoms with Gasteiger partial charge in [-0.1, -0.05) is 190 Å². The van der Waals surface area contributed by atoms with E-state index in [0.29, 0.717) is 76.9 Å². The number of carbonyl (C=O) groups is 1. The number of hydrogen-bond acceptors (Lipinski definition) is 9. The molecule has 95 heavy (non-hydrogen) atoms. The number of ether oxygens (including phenoxy) is 5. The highest BCUT2D eigenvalue weighted by Crippen LogP contribution is 2.39. The van der Waals surface area contributed by atoms with Crippen molar-refractivity contribution in [2.45, 2.75) is 201 Å². The lowest BCUT2D eigenvalue weighted by atomic mass is 9.84. The molecule has 0 aliphatic rings. The summed E-state index contributed by atoms with van der Waals surface area (Å²) >= 11 is 5.97. The molecule has 8 rings (SSSR count). The van der Waals surface area contributed by atoms with Crippen LogP contribution in [0.4, 0.5) is 0 Å². The summed E-state index contributed by atoms with van der Waals surface area (Å²) in [5.41, 5.74) is 10.3. The van der Waals surface area contributed by atoms with Crippen LogP contribution in [0, 0.1) is 12.3 Å². The number of halogens is 1. The SMILES string of the molecule is C#CCOc1ccc(C(CC)CC(C)c2ccc(O)cc2)cc1.CCC(C)c1ccc(OC(C)(C)C)cc1.CCC(C)c1ccc(OC(C)=O)cc1.CCC(CC(C)c1ccc(O)c(OC)c1)c1ccc(Cl)cc1.CCC(CC(C)c1ccc(O)c(OC)c1)c1ccccc1. The van der Waals surface area contributed by atoms with Crippen molar-refractivity contribution >= 4 is 17.6 Å². The highest BCUT2D eigenvalue weighted by atomic mass is 35.5. The Morgan fingerprint density at radius 3 is 1.18 bits per heavy atom. The molecule has 0 aliphatic heterocycles. The van der Waals surface area contributed by atoms with Crippen molar-refractivity contribution < 1.29 is 43.8 Å². The molecule has 8 aromatic rings. The Labute approximate surface area is 576 Å². The van der Waals surface area contributed by atoms with Crippen molar-refractivity contribution in [2.24, 2.45) is 0 Å². The summed E-state index contributed by atoms with van der Waals surface area (Å²) in [7, 11) is 3.16. The zero-order valence-electron chi connectivity index (χ0n) is 59.6. The number of carbonyl (C=O) groups excluding carboxylic acids is 1. The minimum atomic E-state index is -0.277. The van der Waals surface area contributed by atoms with E-state index in [1.165, 1.54) is 57.9 Å². The number of aromatic hydroxyl groups is 3. The standard InChI is InChI=1S/C21H24O2.C19H23ClO2.C19H24O2.C14H22O.C12H16O2/c1-4-14-23-21-12-8-19(9-13-21)17(5-2)15-16(3)18-6-10-20(22)11-7-18;1-4-14(15-5-8-17(20)9-6-15)11-13(2)16-7-10-18(21)19(12-16)22-3;1-4-15(16-8-6-5-7-9-16)12-14(2)17-10-11-18(20)19(13-17)21-3;1-6-11(2)12-7-9-13(10-8-12)15-14(3,4)5;1-4-9(2)11-5-7-12(8-6-11)14-10(3)13/h1,6-13,16-17,22H,5,14-15H2,2-3H3;5-10,12-14,21H,4,11H2,1-3H3;5-11,13-15,20H,4,12H2,1-3H3;7-11H,6H2,1-5H3;5-9H,4H2,1-3H3. The van der Waals surface area contributed by atoms with Crippen molar-refractivity contribution in [3.05, 3.63) is 238 Å². The zero-order chi connectivity index (χ0) is 70.0. The summed E-state index contributed by atoms with van der Waals surface area (Å²) < 4.78 is 26.5. The molecule has 10 heteroatoms. The molecule has 8 aromatic carbocycles. The van der Waals surface area contributed by atoms with Crippen molar-refractivity contribution in [3.63, 3.8) is 0 Å². The van der Waals surface area contributed by atoms with E-state index in [9.17, 15) is 20.1 Å². The van der Waals surface area contributed by atoms with Gasteiger partial charge in [0.25, 0.3) is 0 Å². The van der Waals surface area contributed by atoms with Gasteiger partial charge in [0.15, 0.2) is 23.0 Å². The smallest absolute Gasteiger partial charge is 0.308 e. The van der Waals surface area contributed by atoms with Crippen LogP contribution in [0.15, 0.2) is 188 Å². The normalized spacial score (nSPS) is 13.3. The van der Waals surface area contributed by atoms with Crippen LogP contribution in [0.5, 0.6) is 46.0 Å². The Balaban J connectivity index is 0.000000256. The highest BCUT2D eigenvalue weighted by Gasteiger charge is 2.20. The molecule has 0 amide bonds. The third-order valence-corrected chi connectivity index (χ3v) is 17.7. The molecular weight excluding hydrogens is 1200 g/mol. The van der Waals surface area contributed by atoms with Crippen LogP contribution in [0.1, 0.15) is 240 Å². The number of benzene rings is 8. The zero-order valence-corrected chi connectivity index (χ0v) is 60.4. The molecule has 9 nitrogen and oxygen atoms in total. The first-order valence-corrected chi connectivity index (χ1v) is 34.3. The predicted molar refractivity (Wildman–Crippen MR) is 396 cm³/mol. The maximum absolute atomic E-state index is 10.7. The maximum Gasteiger partial charge on any atom is 0.308 e. The molecule has 8 atom stereocenters. The van der Waals surface area contributed by atoms with Gasteiger partial charge in [0, 0.05) is 11.9 Å². The van der Waals surface area contributed by atoms with Crippen LogP contribution in [-0.2, 0) is 4.79 Å². The van der Waals surface area contributed by atoms with Gasteiger partial charge in [0.1, 0.15) is 35.2 Å². The van der Waals surface area contributed by atoms with Crippen LogP contribution >= 0.6 is 11.6 Å². The Bertz CT molecular complexity index is 3460. The Hall–Kier alpha value is -8.32. The third-order valence-electron chi connectivity index (χ3n) is 17.5. The predicted octanol–water partition coefficient (Wildman–Crippen LogP) is 23.4. The van der Waals surface area contributed by atoms with E-state index in [2.05, 4.69) is 175 Å². The summed E-state index contributed by atoms with van der Waals surface area (Å²) in [6.45, 7) is 30.1. The van der Waals surface area contributed by atoms with Gasteiger partial charge in [-0.05, 0) is 249 Å². The van der Waals surface area contributed by atoms with E-state index in [0.717, 1.165) is 61.5 Å². The van der Waals surface area contributed by atoms with Crippen molar-refractivity contribution in [3.8, 4) is 58.3 Å². The number of phenols is 3. The fourth-order valence-electron chi connectivity index (χ4n) is 11.2. The van der Waals surface area contributed by atoms with E-state index in [4.69, 9.17) is 41.7 Å². The van der Waals surface area contributed by atoms with Crippen LogP contribution in [0.2, 0.25) is 5.02 Å². The van der Waals surface area contributed by atoms with Crippen LogP contribution < -0.4 is 23.7 Å². The van der Waals surface area contributed by atoms with Gasteiger partial charge in [-0.2, -0.15) is 0 Å². The van der Waals surface area contributed by atoms with Crippen LogP contribution in [0.3, 0.4) is 0 Å². The first kappa shape index (κ1) is 79.1. The molecule has 0 saturated carbocycles. The van der Waals surface area contributed by atoms with Crippen molar-refractivity contribution in [1.29, 1.82) is 0 Å². The maximum atomic E-state index is 10.7. The minimum absolute atomic E-state index is 0.113. The van der Waals surface area contributed by atoms with Crippen molar-refractivity contribution in [2.75, 3.05) is 20.8 Å². The fraction of sp³-hybridized carbons (Fsp3) is 0.400. The lowest BCUT2D eigenvalue weighted by Gasteiger charge is -2.21. The first-order chi connectivity index (χ1) is 45.4. The number of esters is 1. The van der Waals surface area contributed by atoms with Gasteiger partial charge in [-0.3, -0.25) is 4.79 Å². The number of phenolic OH excluding ortho intramolecular Hbond substituents is 3. The first-order valence-electron chi connectivity index (χ1n) is 34.0. The van der Waals surface area contributed by atoms with Gasteiger partial charge >= 0.3 is 5.97 Å². The van der Waals surface area contributed by atoms with Gasteiger partial charge in [0.05, 0.1) is 14.2 Å². The Morgan fingerprint density at radius 2 is 0.800 bits per heavy atom. The summed E-state index contributed by atoms with van der Waals surface area (Å²) in [6.07, 6.45) is 14.0. The van der Waals surface area contributed by atoms with E-state index < -0.39 is 0 Å². The second-order valence-electron chi connectivity index (χ2n) is 25.8. The van der Waals surface area contributed by atoms with Gasteiger partial charge in [-0.25, -0.2) is 0 Å². The minimum Gasteiger partial charge on any atom is -0.508 e. The van der Waals surface area contributed by atoms with E-state index in [-0.39, 0.29) is 23.1 Å². The summed E-state index contributed by atoms with van der Waals surface area (Å²) in [4.78, 5) is 10.7. The molecule has 0 saturated heterocycles. The van der Waals surface area contributed by atoms with Gasteiger partial charge in [0.2, 0.25) is 0 Å². The molecular formula is C85H109ClO9. The molecule has 510 valence electrons. The molecule has 0 aliphatic carbocycles. The molecule has 0 radical (unpaired) electrons.